The van der Waals surface area contributed by atoms with Gasteiger partial charge in [0.1, 0.15) is 12.4 Å². The molecule has 1 saturated heterocycles. The van der Waals surface area contributed by atoms with Crippen molar-refractivity contribution in [3.8, 4) is 23.1 Å². The molecule has 2 aromatic carbocycles. The molecule has 1 fully saturated rings. The topological polar surface area (TPSA) is 121 Å². The Morgan fingerprint density at radius 2 is 1.89 bits per heavy atom. The normalized spacial score (nSPS) is 14.3. The number of nitro groups is 1. The third-order valence-corrected chi connectivity index (χ3v) is 5.75. The molecule has 3 aromatic rings. The first-order chi connectivity index (χ1) is 17.0. The molecule has 1 aromatic heterocycles. The lowest BCUT2D eigenvalue weighted by Crippen LogP contribution is -2.32. The molecule has 10 nitrogen and oxygen atoms in total. The summed E-state index contributed by atoms with van der Waals surface area (Å²) in [4.78, 5) is 41.0. The lowest BCUT2D eigenvalue weighted by Gasteiger charge is -2.13. The maximum absolute atomic E-state index is 12.8. The number of methoxy groups -OCH3 is 1. The van der Waals surface area contributed by atoms with Gasteiger partial charge >= 0.3 is 5.69 Å². The summed E-state index contributed by atoms with van der Waals surface area (Å²) in [6, 6.07) is 16.6. The molecule has 2 amide bonds. The fourth-order valence-corrected chi connectivity index (χ4v) is 4.04. The fourth-order valence-electron chi connectivity index (χ4n) is 3.18. The van der Waals surface area contributed by atoms with Crippen LogP contribution < -0.4 is 14.2 Å². The first-order valence-corrected chi connectivity index (χ1v) is 11.2. The fraction of sp³-hybridized carbons (Fsp3) is 0.125. The van der Waals surface area contributed by atoms with E-state index in [1.54, 1.807) is 36.4 Å². The highest BCUT2D eigenvalue weighted by atomic mass is 32.2. The van der Waals surface area contributed by atoms with Gasteiger partial charge in [0.25, 0.3) is 17.0 Å². The maximum Gasteiger partial charge on any atom is 0.331 e. The number of carbonyl (C=O) groups is 2. The maximum atomic E-state index is 12.8. The monoisotopic (exact) mass is 493 g/mol. The highest BCUT2D eigenvalue weighted by molar-refractivity contribution is 8.18. The van der Waals surface area contributed by atoms with Gasteiger partial charge in [-0.15, -0.1) is 0 Å². The van der Waals surface area contributed by atoms with Gasteiger partial charge in [0.2, 0.25) is 0 Å². The Morgan fingerprint density at radius 1 is 1.09 bits per heavy atom. The molecule has 1 aliphatic rings. The molecule has 35 heavy (non-hydrogen) atoms. The van der Waals surface area contributed by atoms with Crippen molar-refractivity contribution in [1.29, 1.82) is 0 Å². The van der Waals surface area contributed by atoms with Gasteiger partial charge in [-0.1, -0.05) is 24.3 Å². The van der Waals surface area contributed by atoms with E-state index in [4.69, 9.17) is 14.2 Å². The van der Waals surface area contributed by atoms with Gasteiger partial charge in [0.05, 0.1) is 23.5 Å². The van der Waals surface area contributed by atoms with Crippen molar-refractivity contribution in [1.82, 2.24) is 9.88 Å². The summed E-state index contributed by atoms with van der Waals surface area (Å²) >= 11 is 0.834. The van der Waals surface area contributed by atoms with E-state index < -0.39 is 10.8 Å². The average Bonchev–Trinajstić information content (AvgIpc) is 3.13. The Kier molecular flexibility index (Phi) is 7.27. The number of hydrogen-bond acceptors (Lipinski definition) is 9. The van der Waals surface area contributed by atoms with E-state index >= 15 is 0 Å². The summed E-state index contributed by atoms with van der Waals surface area (Å²) in [5.74, 6) is 0.537. The zero-order chi connectivity index (χ0) is 24.8. The summed E-state index contributed by atoms with van der Waals surface area (Å²) in [5.41, 5.74) is 0.291. The van der Waals surface area contributed by atoms with Gasteiger partial charge in [-0.05, 0) is 53.7 Å². The van der Waals surface area contributed by atoms with Gasteiger partial charge in [-0.3, -0.25) is 24.6 Å². The molecule has 4 rings (SSSR count). The van der Waals surface area contributed by atoms with E-state index in [1.165, 1.54) is 25.4 Å². The molecule has 0 bridgehead atoms. The molecule has 0 spiro atoms. The second kappa shape index (κ2) is 10.7. The molecule has 0 unspecified atom stereocenters. The summed E-state index contributed by atoms with van der Waals surface area (Å²) in [6.45, 7) is 0.296. The predicted octanol–water partition coefficient (Wildman–Crippen LogP) is 4.91. The summed E-state index contributed by atoms with van der Waals surface area (Å²) in [5, 5.41) is 10.8. The molecule has 1 aliphatic heterocycles. The first-order valence-electron chi connectivity index (χ1n) is 10.3. The zero-order valence-electron chi connectivity index (χ0n) is 18.5. The van der Waals surface area contributed by atoms with Crippen LogP contribution in [0.2, 0.25) is 0 Å². The molecule has 0 saturated carbocycles. The Hall–Kier alpha value is -4.38. The Morgan fingerprint density at radius 3 is 2.63 bits per heavy atom. The first kappa shape index (κ1) is 23.8. The molecular weight excluding hydrogens is 474 g/mol. The number of carbonyl (C=O) groups excluding carboxylic acids is 2. The quantitative estimate of drug-likeness (QED) is 0.233. The summed E-state index contributed by atoms with van der Waals surface area (Å²) < 4.78 is 16.5. The molecule has 0 N–H and O–H groups in total. The van der Waals surface area contributed by atoms with Crippen molar-refractivity contribution in [3.63, 3.8) is 0 Å². The van der Waals surface area contributed by atoms with Crippen molar-refractivity contribution in [3.05, 3.63) is 87.4 Å². The lowest BCUT2D eigenvalue weighted by atomic mass is 10.2. The van der Waals surface area contributed by atoms with Gasteiger partial charge < -0.3 is 14.2 Å². The van der Waals surface area contributed by atoms with E-state index in [1.807, 2.05) is 18.2 Å². The third-order valence-electron chi connectivity index (χ3n) is 4.84. The number of rotatable bonds is 9. The van der Waals surface area contributed by atoms with Crippen LogP contribution in [-0.2, 0) is 4.79 Å². The van der Waals surface area contributed by atoms with Gasteiger partial charge in [-0.25, -0.2) is 4.98 Å². The Labute approximate surface area is 204 Å². The number of hydrogen-bond donors (Lipinski definition) is 0. The number of nitrogens with zero attached hydrogens (tertiary/aromatic N) is 3. The second-order valence-electron chi connectivity index (χ2n) is 7.09. The molecule has 0 radical (unpaired) electrons. The van der Waals surface area contributed by atoms with Crippen LogP contribution >= 0.6 is 11.8 Å². The lowest BCUT2D eigenvalue weighted by molar-refractivity contribution is -0.386. The highest BCUT2D eigenvalue weighted by Gasteiger charge is 2.34. The van der Waals surface area contributed by atoms with Crippen LogP contribution in [0, 0.1) is 10.1 Å². The number of pyridine rings is 1. The van der Waals surface area contributed by atoms with E-state index in [9.17, 15) is 19.7 Å². The minimum Gasteiger partial charge on any atom is -0.493 e. The number of imide groups is 1. The molecule has 0 atom stereocenters. The molecule has 2 heterocycles. The van der Waals surface area contributed by atoms with Crippen molar-refractivity contribution in [2.75, 3.05) is 20.3 Å². The molecule has 178 valence electrons. The van der Waals surface area contributed by atoms with Crippen molar-refractivity contribution in [2.24, 2.45) is 0 Å². The average molecular weight is 493 g/mol. The summed E-state index contributed by atoms with van der Waals surface area (Å²) in [6.07, 6.45) is 2.95. The Bertz CT molecular complexity index is 1300. The van der Waals surface area contributed by atoms with E-state index in [0.29, 0.717) is 11.3 Å². The predicted molar refractivity (Wildman–Crippen MR) is 129 cm³/mol. The smallest absolute Gasteiger partial charge is 0.331 e. The minimum absolute atomic E-state index is 0.121. The number of thioether (sulfide) groups is 1. The minimum atomic E-state index is -0.593. The van der Waals surface area contributed by atoms with Crippen molar-refractivity contribution in [2.45, 2.75) is 0 Å². The van der Waals surface area contributed by atoms with Crippen LogP contribution in [0.4, 0.5) is 10.5 Å². The Balaban J connectivity index is 1.47. The number of para-hydroxylation sites is 1. The van der Waals surface area contributed by atoms with Crippen LogP contribution in [0.25, 0.3) is 6.08 Å². The standard InChI is InChI=1S/C24H19N3O7S/c1-32-20-14-16(9-10-19(20)34-22-18(27(30)31)8-5-11-25-22)15-21-23(28)26(24(29)35-21)12-13-33-17-6-3-2-4-7-17/h2-11,14-15H,12-13H2,1H3/b21-15-. The van der Waals surface area contributed by atoms with Gasteiger partial charge in [0, 0.05) is 12.3 Å². The zero-order valence-corrected chi connectivity index (χ0v) is 19.3. The van der Waals surface area contributed by atoms with Crippen LogP contribution in [-0.4, -0.2) is 46.2 Å². The van der Waals surface area contributed by atoms with Gasteiger partial charge in [0.15, 0.2) is 11.5 Å². The van der Waals surface area contributed by atoms with Gasteiger partial charge in [-0.2, -0.15) is 0 Å². The number of aromatic nitrogens is 1. The van der Waals surface area contributed by atoms with E-state index in [2.05, 4.69) is 4.98 Å². The molecule has 11 heteroatoms. The summed E-state index contributed by atoms with van der Waals surface area (Å²) in [7, 11) is 1.42. The van der Waals surface area contributed by atoms with Crippen molar-refractivity contribution < 1.29 is 28.7 Å². The van der Waals surface area contributed by atoms with Crippen LogP contribution in [0.1, 0.15) is 5.56 Å². The SMILES string of the molecule is COc1cc(/C=C2\SC(=O)N(CCOc3ccccc3)C2=O)ccc1Oc1ncccc1[N+](=O)[O-]. The van der Waals surface area contributed by atoms with Crippen LogP contribution in [0.15, 0.2) is 71.8 Å². The second-order valence-corrected chi connectivity index (χ2v) is 8.09. The van der Waals surface area contributed by atoms with Crippen LogP contribution in [0.3, 0.4) is 0 Å². The van der Waals surface area contributed by atoms with Crippen LogP contribution in [0.5, 0.6) is 23.1 Å². The van der Waals surface area contributed by atoms with E-state index in [0.717, 1.165) is 16.7 Å². The highest BCUT2D eigenvalue weighted by Crippen LogP contribution is 2.37. The number of benzene rings is 2. The molecule has 0 aliphatic carbocycles. The van der Waals surface area contributed by atoms with E-state index in [-0.39, 0.29) is 46.4 Å². The third kappa shape index (κ3) is 5.58. The van der Waals surface area contributed by atoms with Crippen molar-refractivity contribution >= 4 is 34.7 Å². The number of amides is 2. The largest absolute Gasteiger partial charge is 0.493 e. The molecular formula is C24H19N3O7S. The number of ether oxygens (including phenoxy) is 3.